The third-order valence-electron chi connectivity index (χ3n) is 1.89. The molecule has 0 aliphatic heterocycles. The van der Waals surface area contributed by atoms with Crippen molar-refractivity contribution in [3.63, 3.8) is 0 Å². The molecule has 0 aliphatic carbocycles. The van der Waals surface area contributed by atoms with E-state index in [-0.39, 0.29) is 6.61 Å². The number of halogens is 5. The van der Waals surface area contributed by atoms with Crippen LogP contribution in [0.15, 0.2) is 15.9 Å². The van der Waals surface area contributed by atoms with Crippen LogP contribution >= 0.6 is 27.3 Å². The van der Waals surface area contributed by atoms with Gasteiger partial charge in [-0.3, -0.25) is 0 Å². The molecular formula is C9H10BrF4NOS. The Hall–Kier alpha value is -0.180. The summed E-state index contributed by atoms with van der Waals surface area (Å²) in [6.07, 6.45) is -3.73. The highest BCUT2D eigenvalue weighted by Crippen LogP contribution is 2.28. The Balaban J connectivity index is 2.40. The Morgan fingerprint density at radius 1 is 1.47 bits per heavy atom. The number of rotatable bonds is 6. The first kappa shape index (κ1) is 14.9. The lowest BCUT2D eigenvalue weighted by molar-refractivity contribution is -0.166. The zero-order chi connectivity index (χ0) is 13.1. The zero-order valence-electron chi connectivity index (χ0n) is 8.51. The van der Waals surface area contributed by atoms with E-state index in [1.807, 2.05) is 0 Å². The van der Waals surface area contributed by atoms with Crippen LogP contribution in [0, 0.1) is 0 Å². The lowest BCUT2D eigenvalue weighted by Crippen LogP contribution is -2.33. The summed E-state index contributed by atoms with van der Waals surface area (Å²) in [6, 6.07) is 1.14. The molecule has 0 radical (unpaired) electrons. The van der Waals surface area contributed by atoms with Crippen LogP contribution in [0.1, 0.15) is 10.9 Å². The second-order valence-corrected chi connectivity index (χ2v) is 5.12. The molecule has 0 bridgehead atoms. The van der Waals surface area contributed by atoms with Crippen LogP contribution in [0.3, 0.4) is 0 Å². The van der Waals surface area contributed by atoms with E-state index in [9.17, 15) is 17.6 Å². The van der Waals surface area contributed by atoms with Gasteiger partial charge in [-0.15, -0.1) is 11.3 Å². The van der Waals surface area contributed by atoms with Crippen LogP contribution in [0.2, 0.25) is 0 Å². The minimum atomic E-state index is -4.13. The summed E-state index contributed by atoms with van der Waals surface area (Å²) in [6.45, 7) is -1.57. The smallest absolute Gasteiger partial charge is 0.330 e. The number of ether oxygens (including phenoxy) is 1. The fourth-order valence-electron chi connectivity index (χ4n) is 1.03. The molecule has 0 saturated carbocycles. The monoisotopic (exact) mass is 335 g/mol. The molecule has 0 aromatic carbocycles. The van der Waals surface area contributed by atoms with Crippen molar-refractivity contribution in [2.45, 2.75) is 18.4 Å². The first-order chi connectivity index (χ1) is 7.84. The van der Waals surface area contributed by atoms with Crippen LogP contribution in [0.25, 0.3) is 0 Å². The summed E-state index contributed by atoms with van der Waals surface area (Å²) in [4.78, 5) is 0.727. The van der Waals surface area contributed by atoms with Crippen LogP contribution in [-0.2, 0) is 4.74 Å². The molecule has 2 N–H and O–H groups in total. The standard InChI is InChI=1S/C9H10BrF4NOS/c10-5-1-2-17-7(5)6(15)3-16-4-9(13,14)8(11)12/h1-2,6,8H,3-4,15H2. The molecule has 17 heavy (non-hydrogen) atoms. The fraction of sp³-hybridized carbons (Fsp3) is 0.556. The number of thiophene rings is 1. The minimum absolute atomic E-state index is 0.235. The van der Waals surface area contributed by atoms with Crippen molar-refractivity contribution >= 4 is 27.3 Å². The van der Waals surface area contributed by atoms with Crippen molar-refractivity contribution in [3.05, 3.63) is 20.8 Å². The third kappa shape index (κ3) is 4.20. The highest BCUT2D eigenvalue weighted by molar-refractivity contribution is 9.10. The summed E-state index contributed by atoms with van der Waals surface area (Å²) in [5.41, 5.74) is 5.67. The van der Waals surface area contributed by atoms with E-state index in [0.29, 0.717) is 0 Å². The first-order valence-corrected chi connectivity index (χ1v) is 6.24. The van der Waals surface area contributed by atoms with E-state index in [4.69, 9.17) is 5.73 Å². The largest absolute Gasteiger partial charge is 0.373 e. The number of alkyl halides is 4. The molecule has 8 heteroatoms. The lowest BCUT2D eigenvalue weighted by Gasteiger charge is -2.17. The van der Waals surface area contributed by atoms with E-state index >= 15 is 0 Å². The Labute approximate surface area is 108 Å². The van der Waals surface area contributed by atoms with Gasteiger partial charge in [0, 0.05) is 9.35 Å². The molecule has 0 fully saturated rings. The maximum atomic E-state index is 12.5. The number of nitrogens with two attached hydrogens (primary N) is 1. The molecular weight excluding hydrogens is 326 g/mol. The SMILES string of the molecule is NC(COCC(F)(F)C(F)F)c1sccc1Br. The average Bonchev–Trinajstić information content (AvgIpc) is 2.63. The van der Waals surface area contributed by atoms with Crippen molar-refractivity contribution in [1.29, 1.82) is 0 Å². The predicted octanol–water partition coefficient (Wildman–Crippen LogP) is 3.43. The van der Waals surface area contributed by atoms with Gasteiger partial charge in [0.1, 0.15) is 6.61 Å². The van der Waals surface area contributed by atoms with Gasteiger partial charge in [-0.1, -0.05) is 0 Å². The van der Waals surface area contributed by atoms with Gasteiger partial charge in [0.05, 0.1) is 12.6 Å². The highest BCUT2D eigenvalue weighted by atomic mass is 79.9. The van der Waals surface area contributed by atoms with Crippen molar-refractivity contribution in [1.82, 2.24) is 0 Å². The van der Waals surface area contributed by atoms with Gasteiger partial charge >= 0.3 is 12.3 Å². The van der Waals surface area contributed by atoms with Crippen LogP contribution < -0.4 is 5.73 Å². The molecule has 2 nitrogen and oxygen atoms in total. The summed E-state index contributed by atoms with van der Waals surface area (Å²) in [5.74, 6) is -4.13. The Morgan fingerprint density at radius 3 is 2.59 bits per heavy atom. The third-order valence-corrected chi connectivity index (χ3v) is 3.90. The second-order valence-electron chi connectivity index (χ2n) is 3.32. The quantitative estimate of drug-likeness (QED) is 0.808. The maximum Gasteiger partial charge on any atom is 0.330 e. The Kier molecular flexibility index (Phi) is 5.36. The highest BCUT2D eigenvalue weighted by Gasteiger charge is 2.41. The molecule has 1 aromatic rings. The molecule has 1 unspecified atom stereocenters. The van der Waals surface area contributed by atoms with Gasteiger partial charge in [-0.25, -0.2) is 8.78 Å². The zero-order valence-corrected chi connectivity index (χ0v) is 10.9. The van der Waals surface area contributed by atoms with Gasteiger partial charge in [0.25, 0.3) is 0 Å². The van der Waals surface area contributed by atoms with Gasteiger partial charge in [0.2, 0.25) is 0 Å². The summed E-state index contributed by atoms with van der Waals surface area (Å²) in [7, 11) is 0. The van der Waals surface area contributed by atoms with E-state index < -0.39 is 25.0 Å². The van der Waals surface area contributed by atoms with E-state index in [0.717, 1.165) is 9.35 Å². The summed E-state index contributed by atoms with van der Waals surface area (Å²) >= 11 is 4.56. The normalized spacial score (nSPS) is 14.3. The fourth-order valence-corrected chi connectivity index (χ4v) is 2.69. The molecule has 1 rings (SSSR count). The second kappa shape index (κ2) is 6.12. The molecule has 1 atom stereocenters. The molecule has 0 amide bonds. The number of hydrogen-bond donors (Lipinski definition) is 1. The van der Waals surface area contributed by atoms with Crippen molar-refractivity contribution < 1.29 is 22.3 Å². The van der Waals surface area contributed by atoms with Gasteiger partial charge < -0.3 is 10.5 Å². The predicted molar refractivity (Wildman–Crippen MR) is 60.7 cm³/mol. The topological polar surface area (TPSA) is 35.2 Å². The molecule has 0 saturated heterocycles. The van der Waals surface area contributed by atoms with Crippen LogP contribution in [0.5, 0.6) is 0 Å². The molecule has 1 aromatic heterocycles. The number of hydrogen-bond acceptors (Lipinski definition) is 3. The summed E-state index contributed by atoms with van der Waals surface area (Å²) < 4.78 is 53.9. The van der Waals surface area contributed by atoms with Crippen molar-refractivity contribution in [3.8, 4) is 0 Å². The Morgan fingerprint density at radius 2 is 2.12 bits per heavy atom. The molecule has 98 valence electrons. The first-order valence-electron chi connectivity index (χ1n) is 4.57. The van der Waals surface area contributed by atoms with Gasteiger partial charge in [-0.2, -0.15) is 8.78 Å². The summed E-state index contributed by atoms with van der Waals surface area (Å²) in [5, 5.41) is 1.77. The lowest BCUT2D eigenvalue weighted by atomic mass is 10.3. The average molecular weight is 336 g/mol. The molecule has 0 spiro atoms. The Bertz CT molecular complexity index is 361. The molecule has 1 heterocycles. The van der Waals surface area contributed by atoms with Crippen LogP contribution in [0.4, 0.5) is 17.6 Å². The van der Waals surface area contributed by atoms with Crippen LogP contribution in [-0.4, -0.2) is 25.6 Å². The maximum absolute atomic E-state index is 12.5. The van der Waals surface area contributed by atoms with E-state index in [1.165, 1.54) is 11.3 Å². The van der Waals surface area contributed by atoms with E-state index in [2.05, 4.69) is 20.7 Å². The van der Waals surface area contributed by atoms with Crippen molar-refractivity contribution in [2.75, 3.05) is 13.2 Å². The minimum Gasteiger partial charge on any atom is -0.373 e. The molecule has 0 aliphatic rings. The van der Waals surface area contributed by atoms with Gasteiger partial charge in [-0.05, 0) is 27.4 Å². The van der Waals surface area contributed by atoms with E-state index in [1.54, 1.807) is 11.4 Å². The van der Waals surface area contributed by atoms with Crippen molar-refractivity contribution in [2.24, 2.45) is 5.73 Å². The van der Waals surface area contributed by atoms with Gasteiger partial charge in [0.15, 0.2) is 0 Å².